The largest absolute Gasteiger partial charge is 0.462 e. The molecular weight excluding hydrogens is 394 g/mol. The summed E-state index contributed by atoms with van der Waals surface area (Å²) in [4.78, 5) is 27.0. The zero-order chi connectivity index (χ0) is 21.5. The minimum Gasteiger partial charge on any atom is -0.462 e. The number of esters is 1. The summed E-state index contributed by atoms with van der Waals surface area (Å²) in [6.45, 7) is 8.99. The van der Waals surface area contributed by atoms with Crippen LogP contribution >= 0.6 is 11.3 Å². The molecule has 4 nitrogen and oxygen atoms in total. The van der Waals surface area contributed by atoms with Crippen molar-refractivity contribution in [2.45, 2.75) is 59.3 Å². The van der Waals surface area contributed by atoms with Crippen molar-refractivity contribution in [3.8, 4) is 0 Å². The maximum atomic E-state index is 13.0. The van der Waals surface area contributed by atoms with E-state index < -0.39 is 0 Å². The van der Waals surface area contributed by atoms with Gasteiger partial charge in [-0.05, 0) is 61.0 Å². The molecule has 1 aromatic heterocycles. The van der Waals surface area contributed by atoms with Crippen molar-refractivity contribution < 1.29 is 14.3 Å². The summed E-state index contributed by atoms with van der Waals surface area (Å²) in [6.07, 6.45) is 3.75. The second kappa shape index (κ2) is 8.18. The molecule has 3 unspecified atom stereocenters. The molecule has 160 valence electrons. The second-order valence-electron chi connectivity index (χ2n) is 9.58. The van der Waals surface area contributed by atoms with Gasteiger partial charge in [0.25, 0.3) is 0 Å². The molecule has 1 N–H and O–H groups in total. The van der Waals surface area contributed by atoms with Crippen molar-refractivity contribution in [2.24, 2.45) is 17.3 Å². The average Bonchev–Trinajstić information content (AvgIpc) is 3.43. The van der Waals surface area contributed by atoms with Gasteiger partial charge in [-0.15, -0.1) is 11.3 Å². The van der Waals surface area contributed by atoms with Crippen LogP contribution in [0.2, 0.25) is 0 Å². The van der Waals surface area contributed by atoms with E-state index in [2.05, 4.69) is 38.2 Å². The van der Waals surface area contributed by atoms with E-state index in [1.54, 1.807) is 11.3 Å². The highest BCUT2D eigenvalue weighted by Gasteiger charge is 2.44. The van der Waals surface area contributed by atoms with Gasteiger partial charge in [0.05, 0.1) is 12.2 Å². The number of anilines is 1. The Hall–Kier alpha value is -2.14. The number of rotatable bonds is 5. The number of hydrogen-bond acceptors (Lipinski definition) is 4. The first kappa shape index (κ1) is 21.1. The number of fused-ring (bicyclic) bond motifs is 1. The van der Waals surface area contributed by atoms with Gasteiger partial charge in [-0.3, -0.25) is 4.79 Å². The third-order valence-electron chi connectivity index (χ3n) is 6.56. The molecule has 0 radical (unpaired) electrons. The minimum absolute atomic E-state index is 0.0142. The summed E-state index contributed by atoms with van der Waals surface area (Å²) in [5, 5.41) is 3.78. The standard InChI is InChI=1S/C25H31NO3S/c1-5-29-24(28)21-17-12-11-16(25(2,3)4)13-20(17)30-23(21)26-22(27)19-14-18(19)15-9-7-6-8-10-15/h6-10,16,18-19H,5,11-14H2,1-4H3,(H,26,27). The number of carbonyl (C=O) groups is 2. The Balaban J connectivity index is 1.56. The van der Waals surface area contributed by atoms with Gasteiger partial charge in [0.15, 0.2) is 0 Å². The summed E-state index contributed by atoms with van der Waals surface area (Å²) in [5.74, 6) is 0.532. The molecule has 1 saturated carbocycles. The maximum Gasteiger partial charge on any atom is 0.341 e. The van der Waals surface area contributed by atoms with Crippen LogP contribution in [0.15, 0.2) is 30.3 Å². The van der Waals surface area contributed by atoms with Crippen LogP contribution in [0.4, 0.5) is 5.00 Å². The average molecular weight is 426 g/mol. The normalized spacial score (nSPS) is 22.9. The fourth-order valence-corrected chi connectivity index (χ4v) is 5.91. The van der Waals surface area contributed by atoms with E-state index in [-0.39, 0.29) is 29.1 Å². The van der Waals surface area contributed by atoms with E-state index >= 15 is 0 Å². The van der Waals surface area contributed by atoms with Gasteiger partial charge in [0.1, 0.15) is 5.00 Å². The van der Waals surface area contributed by atoms with Gasteiger partial charge in [0, 0.05) is 10.8 Å². The number of carbonyl (C=O) groups excluding carboxylic acids is 2. The van der Waals surface area contributed by atoms with Gasteiger partial charge in [-0.2, -0.15) is 0 Å². The fraction of sp³-hybridized carbons (Fsp3) is 0.520. The van der Waals surface area contributed by atoms with Crippen molar-refractivity contribution in [3.05, 3.63) is 51.9 Å². The molecule has 1 amide bonds. The van der Waals surface area contributed by atoms with E-state index in [0.717, 1.165) is 31.2 Å². The molecule has 1 aromatic carbocycles. The van der Waals surface area contributed by atoms with E-state index in [1.807, 2.05) is 25.1 Å². The van der Waals surface area contributed by atoms with Gasteiger partial charge in [-0.25, -0.2) is 4.79 Å². The van der Waals surface area contributed by atoms with Crippen molar-refractivity contribution in [2.75, 3.05) is 11.9 Å². The summed E-state index contributed by atoms with van der Waals surface area (Å²) in [6, 6.07) is 10.2. The van der Waals surface area contributed by atoms with Gasteiger partial charge in [0.2, 0.25) is 5.91 Å². The van der Waals surface area contributed by atoms with Crippen molar-refractivity contribution in [3.63, 3.8) is 0 Å². The molecule has 1 fully saturated rings. The molecule has 0 aliphatic heterocycles. The Morgan fingerprint density at radius 3 is 2.60 bits per heavy atom. The highest BCUT2D eigenvalue weighted by Crippen LogP contribution is 2.49. The molecule has 0 bridgehead atoms. The van der Waals surface area contributed by atoms with Crippen LogP contribution < -0.4 is 5.32 Å². The first-order chi connectivity index (χ1) is 14.3. The quantitative estimate of drug-likeness (QED) is 0.614. The molecule has 2 aliphatic carbocycles. The van der Waals surface area contributed by atoms with Crippen molar-refractivity contribution in [1.82, 2.24) is 0 Å². The molecule has 3 atom stereocenters. The Morgan fingerprint density at radius 2 is 1.93 bits per heavy atom. The zero-order valence-electron chi connectivity index (χ0n) is 18.3. The topological polar surface area (TPSA) is 55.4 Å². The molecule has 0 spiro atoms. The summed E-state index contributed by atoms with van der Waals surface area (Å²) >= 11 is 1.57. The van der Waals surface area contributed by atoms with Crippen LogP contribution in [0.3, 0.4) is 0 Å². The fourth-order valence-electron chi connectivity index (χ4n) is 4.59. The van der Waals surface area contributed by atoms with Crippen LogP contribution in [0.5, 0.6) is 0 Å². The number of thiophene rings is 1. The van der Waals surface area contributed by atoms with Crippen LogP contribution in [-0.2, 0) is 22.4 Å². The highest BCUT2D eigenvalue weighted by atomic mass is 32.1. The first-order valence-electron chi connectivity index (χ1n) is 11.0. The predicted octanol–water partition coefficient (Wildman–Crippen LogP) is 5.82. The molecule has 5 heteroatoms. The lowest BCUT2D eigenvalue weighted by atomic mass is 9.72. The second-order valence-corrected chi connectivity index (χ2v) is 10.7. The molecule has 2 aromatic rings. The third kappa shape index (κ3) is 4.18. The molecule has 4 rings (SSSR count). The highest BCUT2D eigenvalue weighted by molar-refractivity contribution is 7.17. The Bertz CT molecular complexity index is 941. The molecule has 2 aliphatic rings. The van der Waals surface area contributed by atoms with E-state index in [9.17, 15) is 9.59 Å². The number of ether oxygens (including phenoxy) is 1. The summed E-state index contributed by atoms with van der Waals surface area (Å²) in [7, 11) is 0. The lowest BCUT2D eigenvalue weighted by Crippen LogP contribution is -2.26. The Labute approximate surface area is 183 Å². The molecule has 30 heavy (non-hydrogen) atoms. The number of nitrogens with one attached hydrogen (secondary N) is 1. The van der Waals surface area contributed by atoms with Gasteiger partial charge < -0.3 is 10.1 Å². The van der Waals surface area contributed by atoms with Crippen LogP contribution in [0.25, 0.3) is 0 Å². The SMILES string of the molecule is CCOC(=O)c1c(NC(=O)C2CC2c2ccccc2)sc2c1CCC(C(C)(C)C)C2. The Morgan fingerprint density at radius 1 is 1.20 bits per heavy atom. The number of amides is 1. The maximum absolute atomic E-state index is 13.0. The Kier molecular flexibility index (Phi) is 5.75. The molecule has 0 saturated heterocycles. The van der Waals surface area contributed by atoms with Gasteiger partial charge >= 0.3 is 5.97 Å². The lowest BCUT2D eigenvalue weighted by molar-refractivity contribution is -0.117. The summed E-state index contributed by atoms with van der Waals surface area (Å²) in [5.41, 5.74) is 3.12. The number of hydrogen-bond donors (Lipinski definition) is 1. The zero-order valence-corrected chi connectivity index (χ0v) is 19.1. The monoisotopic (exact) mass is 425 g/mol. The van der Waals surface area contributed by atoms with Crippen molar-refractivity contribution >= 4 is 28.2 Å². The van der Waals surface area contributed by atoms with Crippen LogP contribution in [-0.4, -0.2) is 18.5 Å². The first-order valence-corrected chi connectivity index (χ1v) is 11.8. The van der Waals surface area contributed by atoms with E-state index in [1.165, 1.54) is 10.4 Å². The van der Waals surface area contributed by atoms with Gasteiger partial charge in [-0.1, -0.05) is 51.1 Å². The molecular formula is C25H31NO3S. The van der Waals surface area contributed by atoms with E-state index in [4.69, 9.17) is 4.74 Å². The molecule has 1 heterocycles. The lowest BCUT2D eigenvalue weighted by Gasteiger charge is -2.33. The van der Waals surface area contributed by atoms with Crippen LogP contribution in [0.1, 0.15) is 72.8 Å². The number of benzene rings is 1. The predicted molar refractivity (Wildman–Crippen MR) is 121 cm³/mol. The van der Waals surface area contributed by atoms with E-state index in [0.29, 0.717) is 23.1 Å². The third-order valence-corrected chi connectivity index (χ3v) is 7.73. The van der Waals surface area contributed by atoms with Crippen LogP contribution in [0, 0.1) is 17.3 Å². The minimum atomic E-state index is -0.310. The van der Waals surface area contributed by atoms with Crippen molar-refractivity contribution in [1.29, 1.82) is 0 Å². The summed E-state index contributed by atoms with van der Waals surface area (Å²) < 4.78 is 5.35. The smallest absolute Gasteiger partial charge is 0.341 e.